The highest BCUT2D eigenvalue weighted by molar-refractivity contribution is 5.87. The average molecular weight is 340 g/mol. The second-order valence-electron chi connectivity index (χ2n) is 6.29. The second kappa shape index (κ2) is 8.49. The van der Waals surface area contributed by atoms with E-state index in [2.05, 4.69) is 26.0 Å². The molecule has 0 heterocycles. The van der Waals surface area contributed by atoms with Crippen molar-refractivity contribution in [2.45, 2.75) is 26.2 Å². The summed E-state index contributed by atoms with van der Waals surface area (Å²) in [5, 5.41) is 8.65. The summed E-state index contributed by atoms with van der Waals surface area (Å²) in [7, 11) is 0. The smallest absolute Gasteiger partial charge is 0.336 e. The Balaban J connectivity index is 2.06. The largest absolute Gasteiger partial charge is 0.464 e. The summed E-state index contributed by atoms with van der Waals surface area (Å²) in [6, 6.07) is 18.1. The van der Waals surface area contributed by atoms with Crippen molar-refractivity contribution in [3.05, 3.63) is 77.6 Å². The van der Waals surface area contributed by atoms with Gasteiger partial charge in [-0.25, -0.2) is 4.79 Å². The van der Waals surface area contributed by atoms with Crippen molar-refractivity contribution in [3.63, 3.8) is 0 Å². The molecule has 0 saturated carbocycles. The van der Waals surface area contributed by atoms with E-state index in [1.165, 1.54) is 17.4 Å². The summed E-state index contributed by atoms with van der Waals surface area (Å²) < 4.78 is 10.3. The predicted molar refractivity (Wildman–Crippen MR) is 97.4 cm³/mol. The van der Waals surface area contributed by atoms with E-state index in [9.17, 15) is 4.79 Å². The number of aliphatic hydroxyl groups excluding tert-OH is 1. The lowest BCUT2D eigenvalue weighted by Gasteiger charge is -2.26. The maximum absolute atomic E-state index is 11.6. The molecule has 2 rings (SSSR count). The van der Waals surface area contributed by atoms with Crippen molar-refractivity contribution in [1.82, 2.24) is 0 Å². The molecule has 0 aromatic heterocycles. The molecule has 0 aliphatic carbocycles. The van der Waals surface area contributed by atoms with Crippen LogP contribution in [0.2, 0.25) is 0 Å². The lowest BCUT2D eigenvalue weighted by atomic mass is 9.78. The molecular formula is C21H24O4. The molecule has 0 unspecified atom stereocenters. The van der Waals surface area contributed by atoms with Crippen molar-refractivity contribution < 1.29 is 19.4 Å². The number of hydrogen-bond acceptors (Lipinski definition) is 4. The zero-order valence-corrected chi connectivity index (χ0v) is 14.9. The highest BCUT2D eigenvalue weighted by Gasteiger charge is 2.22. The quantitative estimate of drug-likeness (QED) is 0.473. The zero-order chi connectivity index (χ0) is 18.3. The summed E-state index contributed by atoms with van der Waals surface area (Å²) in [6.07, 6.45) is 1.36. The van der Waals surface area contributed by atoms with Crippen LogP contribution in [0, 0.1) is 0 Å². The van der Waals surface area contributed by atoms with Gasteiger partial charge in [-0.05, 0) is 30.2 Å². The first-order valence-electron chi connectivity index (χ1n) is 8.22. The van der Waals surface area contributed by atoms with E-state index in [4.69, 9.17) is 14.6 Å². The van der Waals surface area contributed by atoms with Gasteiger partial charge in [0, 0.05) is 5.41 Å². The molecule has 132 valence electrons. The Morgan fingerprint density at radius 3 is 2.24 bits per heavy atom. The molecule has 4 nitrogen and oxygen atoms in total. The molecular weight excluding hydrogens is 316 g/mol. The van der Waals surface area contributed by atoms with Gasteiger partial charge in [-0.3, -0.25) is 0 Å². The first kappa shape index (κ1) is 18.7. The molecule has 0 spiro atoms. The van der Waals surface area contributed by atoms with Gasteiger partial charge >= 0.3 is 5.97 Å². The van der Waals surface area contributed by atoms with E-state index in [1.807, 2.05) is 42.5 Å². The van der Waals surface area contributed by atoms with Crippen molar-refractivity contribution in [3.8, 4) is 5.75 Å². The number of carbonyl (C=O) groups is 1. The summed E-state index contributed by atoms with van der Waals surface area (Å²) in [5.41, 5.74) is 2.64. The highest BCUT2D eigenvalue weighted by atomic mass is 16.5. The number of carbonyl (C=O) groups excluding carboxylic acids is 1. The summed E-state index contributed by atoms with van der Waals surface area (Å²) in [4.78, 5) is 11.6. The van der Waals surface area contributed by atoms with Gasteiger partial charge < -0.3 is 14.6 Å². The molecule has 4 heteroatoms. The number of benzene rings is 2. The fourth-order valence-corrected chi connectivity index (χ4v) is 2.43. The van der Waals surface area contributed by atoms with Gasteiger partial charge in [-0.2, -0.15) is 0 Å². The Kier molecular flexibility index (Phi) is 6.37. The Morgan fingerprint density at radius 2 is 1.64 bits per heavy atom. The maximum atomic E-state index is 11.6. The number of hydrogen-bond donors (Lipinski definition) is 1. The van der Waals surface area contributed by atoms with Gasteiger partial charge in [0.1, 0.15) is 18.6 Å². The zero-order valence-electron chi connectivity index (χ0n) is 14.9. The Morgan fingerprint density at radius 1 is 1.04 bits per heavy atom. The Labute approximate surface area is 148 Å². The van der Waals surface area contributed by atoms with Crippen LogP contribution in [0.3, 0.4) is 0 Å². The van der Waals surface area contributed by atoms with Gasteiger partial charge in [0.05, 0.1) is 12.2 Å². The maximum Gasteiger partial charge on any atom is 0.336 e. The van der Waals surface area contributed by atoms with E-state index in [1.54, 1.807) is 6.92 Å². The molecule has 2 aromatic rings. The number of esters is 1. The van der Waals surface area contributed by atoms with Gasteiger partial charge in [0.15, 0.2) is 0 Å². The van der Waals surface area contributed by atoms with Crippen LogP contribution in [0.5, 0.6) is 5.75 Å². The molecule has 2 aromatic carbocycles. The van der Waals surface area contributed by atoms with Crippen LogP contribution in [0.1, 0.15) is 31.9 Å². The third kappa shape index (κ3) is 4.94. The van der Waals surface area contributed by atoms with Crippen molar-refractivity contribution in [1.29, 1.82) is 0 Å². The van der Waals surface area contributed by atoms with Gasteiger partial charge in [-0.15, -0.1) is 0 Å². The lowest BCUT2D eigenvalue weighted by Crippen LogP contribution is -2.18. The third-order valence-electron chi connectivity index (χ3n) is 4.09. The van der Waals surface area contributed by atoms with Crippen LogP contribution in [0.25, 0.3) is 0 Å². The Bertz CT molecular complexity index is 715. The number of rotatable bonds is 7. The monoisotopic (exact) mass is 340 g/mol. The van der Waals surface area contributed by atoms with Crippen molar-refractivity contribution in [2.75, 3.05) is 13.2 Å². The molecule has 0 atom stereocenters. The van der Waals surface area contributed by atoms with E-state index in [0.29, 0.717) is 11.3 Å². The molecule has 1 N–H and O–H groups in total. The van der Waals surface area contributed by atoms with E-state index < -0.39 is 5.97 Å². The summed E-state index contributed by atoms with van der Waals surface area (Å²) >= 11 is 0. The average Bonchev–Trinajstić information content (AvgIpc) is 2.65. The van der Waals surface area contributed by atoms with Crippen molar-refractivity contribution >= 4 is 5.97 Å². The van der Waals surface area contributed by atoms with Gasteiger partial charge in [-0.1, -0.05) is 56.3 Å². The fraction of sp³-hybridized carbons (Fsp3) is 0.286. The predicted octanol–water partition coefficient (Wildman–Crippen LogP) is 3.83. The summed E-state index contributed by atoms with van der Waals surface area (Å²) in [6.45, 7) is 5.75. The minimum absolute atomic E-state index is 0.0206. The minimum atomic E-state index is -0.504. The molecule has 0 amide bonds. The molecule has 0 fully saturated rings. The second-order valence-corrected chi connectivity index (χ2v) is 6.29. The highest BCUT2D eigenvalue weighted by Crippen LogP contribution is 2.32. The first-order valence-corrected chi connectivity index (χ1v) is 8.22. The minimum Gasteiger partial charge on any atom is -0.464 e. The van der Waals surface area contributed by atoms with Gasteiger partial charge in [0.25, 0.3) is 0 Å². The number of ether oxygens (including phenoxy) is 2. The van der Waals surface area contributed by atoms with Crippen LogP contribution in [0.4, 0.5) is 0 Å². The molecule has 0 aliphatic heterocycles. The molecule has 25 heavy (non-hydrogen) atoms. The lowest BCUT2D eigenvalue weighted by molar-refractivity contribution is -0.140. The van der Waals surface area contributed by atoms with E-state index in [0.717, 1.165) is 0 Å². The molecule has 0 radical (unpaired) electrons. The fourth-order valence-electron chi connectivity index (χ4n) is 2.43. The standard InChI is InChI=1S/C21H24O4/c1-16(20(23)24-14-13-22)15-25-19-11-9-18(10-12-19)21(2,3)17-7-5-4-6-8-17/h4-12,15,22H,13-14H2,1-3H3. The van der Waals surface area contributed by atoms with Crippen LogP contribution >= 0.6 is 0 Å². The summed E-state index contributed by atoms with van der Waals surface area (Å²) in [5.74, 6) is 0.137. The molecule has 0 saturated heterocycles. The topological polar surface area (TPSA) is 55.8 Å². The third-order valence-corrected chi connectivity index (χ3v) is 4.09. The van der Waals surface area contributed by atoms with E-state index >= 15 is 0 Å². The van der Waals surface area contributed by atoms with Crippen LogP contribution in [-0.2, 0) is 14.9 Å². The molecule has 0 bridgehead atoms. The SMILES string of the molecule is CC(=COc1ccc(C(C)(C)c2ccccc2)cc1)C(=O)OCCO. The molecule has 0 aliphatic rings. The number of aliphatic hydroxyl groups is 1. The van der Waals surface area contributed by atoms with E-state index in [-0.39, 0.29) is 18.6 Å². The normalized spacial score (nSPS) is 11.9. The first-order chi connectivity index (χ1) is 11.9. The van der Waals surface area contributed by atoms with Gasteiger partial charge in [0.2, 0.25) is 0 Å². The van der Waals surface area contributed by atoms with Crippen LogP contribution < -0.4 is 4.74 Å². The van der Waals surface area contributed by atoms with Crippen LogP contribution in [0.15, 0.2) is 66.4 Å². The van der Waals surface area contributed by atoms with Crippen molar-refractivity contribution in [2.24, 2.45) is 0 Å². The van der Waals surface area contributed by atoms with Crippen LogP contribution in [-0.4, -0.2) is 24.3 Å². The Hall–Kier alpha value is -2.59.